The minimum Gasteiger partial charge on any atom is -0.278 e. The van der Waals surface area contributed by atoms with Crippen molar-refractivity contribution in [3.8, 4) is 11.3 Å². The van der Waals surface area contributed by atoms with E-state index in [4.69, 9.17) is 23.2 Å². The summed E-state index contributed by atoms with van der Waals surface area (Å²) in [5, 5.41) is 7.38. The van der Waals surface area contributed by atoms with Crippen molar-refractivity contribution in [2.24, 2.45) is 0 Å². The zero-order valence-corrected chi connectivity index (χ0v) is 7.97. The van der Waals surface area contributed by atoms with Gasteiger partial charge in [-0.15, -0.1) is 0 Å². The van der Waals surface area contributed by atoms with Crippen LogP contribution >= 0.6 is 23.2 Å². The lowest BCUT2D eigenvalue weighted by atomic mass is 10.2. The van der Waals surface area contributed by atoms with Crippen molar-refractivity contribution in [1.29, 1.82) is 0 Å². The van der Waals surface area contributed by atoms with Gasteiger partial charge in [0, 0.05) is 11.8 Å². The van der Waals surface area contributed by atoms with E-state index in [1.807, 2.05) is 6.07 Å². The summed E-state index contributed by atoms with van der Waals surface area (Å²) in [6.45, 7) is 0. The fourth-order valence-corrected chi connectivity index (χ4v) is 1.50. The molecule has 66 valence electrons. The number of hydrogen-bond donors (Lipinski definition) is 1. The van der Waals surface area contributed by atoms with Gasteiger partial charge in [-0.1, -0.05) is 23.2 Å². The van der Waals surface area contributed by atoms with Crippen molar-refractivity contribution >= 4 is 23.2 Å². The van der Waals surface area contributed by atoms with E-state index in [1.165, 1.54) is 0 Å². The van der Waals surface area contributed by atoms with Gasteiger partial charge in [0.15, 0.2) is 0 Å². The topological polar surface area (TPSA) is 41.6 Å². The summed E-state index contributed by atoms with van der Waals surface area (Å²) in [7, 11) is 0. The Morgan fingerprint density at radius 2 is 1.85 bits per heavy atom. The number of rotatable bonds is 1. The van der Waals surface area contributed by atoms with Crippen LogP contribution in [0.4, 0.5) is 0 Å². The predicted molar refractivity (Wildman–Crippen MR) is 51.8 cm³/mol. The molecular formula is C8H5Cl2N3. The highest BCUT2D eigenvalue weighted by atomic mass is 35.5. The average Bonchev–Trinajstić information content (AvgIpc) is 2.53. The number of pyridine rings is 1. The summed E-state index contributed by atoms with van der Waals surface area (Å²) in [5.74, 6) is 0. The molecule has 13 heavy (non-hydrogen) atoms. The molecule has 2 aromatic heterocycles. The molecule has 0 aliphatic rings. The van der Waals surface area contributed by atoms with Crippen LogP contribution in [0.15, 0.2) is 24.4 Å². The summed E-state index contributed by atoms with van der Waals surface area (Å²) in [6, 6.07) is 5.28. The van der Waals surface area contributed by atoms with Gasteiger partial charge in [-0.05, 0) is 18.2 Å². The lowest BCUT2D eigenvalue weighted by Crippen LogP contribution is -1.82. The van der Waals surface area contributed by atoms with E-state index in [1.54, 1.807) is 18.3 Å². The van der Waals surface area contributed by atoms with Crippen LogP contribution in [0, 0.1) is 0 Å². The number of aromatic nitrogens is 3. The molecule has 0 amide bonds. The van der Waals surface area contributed by atoms with Gasteiger partial charge in [-0.3, -0.25) is 5.10 Å². The molecule has 0 saturated carbocycles. The number of aromatic amines is 1. The highest BCUT2D eigenvalue weighted by Crippen LogP contribution is 2.22. The summed E-state index contributed by atoms with van der Waals surface area (Å²) < 4.78 is 0. The first-order chi connectivity index (χ1) is 6.25. The minimum atomic E-state index is 0.372. The van der Waals surface area contributed by atoms with Crippen LogP contribution in [0.3, 0.4) is 0 Å². The van der Waals surface area contributed by atoms with Crippen molar-refractivity contribution in [2.75, 3.05) is 0 Å². The number of H-pyrrole nitrogens is 1. The van der Waals surface area contributed by atoms with Gasteiger partial charge in [0.2, 0.25) is 0 Å². The van der Waals surface area contributed by atoms with Gasteiger partial charge in [0.05, 0.1) is 5.69 Å². The molecule has 2 rings (SSSR count). The lowest BCUT2D eigenvalue weighted by Gasteiger charge is -1.98. The molecule has 0 aliphatic heterocycles. The normalized spacial score (nSPS) is 10.3. The SMILES string of the molecule is Clc1cc(-c2ccn[nH]2)cc(Cl)n1. The Kier molecular flexibility index (Phi) is 2.20. The standard InChI is InChI=1S/C8H5Cl2N3/c9-7-3-5(4-8(10)12-7)6-1-2-11-13-6/h1-4H,(H,11,13). The molecule has 0 spiro atoms. The van der Waals surface area contributed by atoms with E-state index in [0.717, 1.165) is 11.3 Å². The van der Waals surface area contributed by atoms with Crippen molar-refractivity contribution in [2.45, 2.75) is 0 Å². The Hall–Kier alpha value is -1.06. The first kappa shape index (κ1) is 8.53. The second-order valence-electron chi connectivity index (χ2n) is 2.47. The number of nitrogens with one attached hydrogen (secondary N) is 1. The fourth-order valence-electron chi connectivity index (χ4n) is 1.04. The van der Waals surface area contributed by atoms with Crippen LogP contribution in [0.1, 0.15) is 0 Å². The summed E-state index contributed by atoms with van der Waals surface area (Å²) in [6.07, 6.45) is 1.66. The maximum atomic E-state index is 5.74. The monoisotopic (exact) mass is 213 g/mol. The van der Waals surface area contributed by atoms with Crippen molar-refractivity contribution < 1.29 is 0 Å². The maximum Gasteiger partial charge on any atom is 0.131 e. The average molecular weight is 214 g/mol. The largest absolute Gasteiger partial charge is 0.278 e. The highest BCUT2D eigenvalue weighted by molar-refractivity contribution is 6.32. The number of nitrogens with zero attached hydrogens (tertiary/aromatic N) is 2. The first-order valence-corrected chi connectivity index (χ1v) is 4.34. The third-order valence-electron chi connectivity index (χ3n) is 1.57. The van der Waals surface area contributed by atoms with Crippen molar-refractivity contribution in [3.05, 3.63) is 34.7 Å². The van der Waals surface area contributed by atoms with Gasteiger partial charge in [0.1, 0.15) is 10.3 Å². The Morgan fingerprint density at radius 1 is 1.15 bits per heavy atom. The minimum absolute atomic E-state index is 0.372. The second kappa shape index (κ2) is 3.36. The molecule has 2 aromatic rings. The van der Waals surface area contributed by atoms with Gasteiger partial charge in [0.25, 0.3) is 0 Å². The second-order valence-corrected chi connectivity index (χ2v) is 3.25. The van der Waals surface area contributed by atoms with Gasteiger partial charge in [-0.25, -0.2) is 4.98 Å². The first-order valence-electron chi connectivity index (χ1n) is 3.58. The van der Waals surface area contributed by atoms with E-state index < -0.39 is 0 Å². The third kappa shape index (κ3) is 1.82. The molecule has 0 aromatic carbocycles. The van der Waals surface area contributed by atoms with E-state index in [2.05, 4.69) is 15.2 Å². The molecule has 0 aliphatic carbocycles. The molecule has 0 radical (unpaired) electrons. The number of halogens is 2. The van der Waals surface area contributed by atoms with Crippen molar-refractivity contribution in [3.63, 3.8) is 0 Å². The smallest absolute Gasteiger partial charge is 0.131 e. The lowest BCUT2D eigenvalue weighted by molar-refractivity contribution is 1.09. The van der Waals surface area contributed by atoms with Gasteiger partial charge >= 0.3 is 0 Å². The zero-order chi connectivity index (χ0) is 9.26. The summed E-state index contributed by atoms with van der Waals surface area (Å²) in [5.41, 5.74) is 1.74. The zero-order valence-electron chi connectivity index (χ0n) is 6.46. The molecular weight excluding hydrogens is 209 g/mol. The Morgan fingerprint density at radius 3 is 2.38 bits per heavy atom. The van der Waals surface area contributed by atoms with Crippen LogP contribution in [0.5, 0.6) is 0 Å². The fraction of sp³-hybridized carbons (Fsp3) is 0. The molecule has 0 unspecified atom stereocenters. The van der Waals surface area contributed by atoms with Crippen LogP contribution in [0.2, 0.25) is 10.3 Å². The van der Waals surface area contributed by atoms with Crippen LogP contribution in [-0.2, 0) is 0 Å². The predicted octanol–water partition coefficient (Wildman–Crippen LogP) is 2.78. The van der Waals surface area contributed by atoms with E-state index in [9.17, 15) is 0 Å². The molecule has 0 bridgehead atoms. The van der Waals surface area contributed by atoms with Crippen LogP contribution in [0.25, 0.3) is 11.3 Å². The molecule has 3 nitrogen and oxygen atoms in total. The Labute approximate surface area is 84.7 Å². The molecule has 2 heterocycles. The van der Waals surface area contributed by atoms with E-state index in [0.29, 0.717) is 10.3 Å². The molecule has 5 heteroatoms. The van der Waals surface area contributed by atoms with E-state index in [-0.39, 0.29) is 0 Å². The molecule has 0 saturated heterocycles. The van der Waals surface area contributed by atoms with Crippen molar-refractivity contribution in [1.82, 2.24) is 15.2 Å². The Bertz CT molecular complexity index is 391. The Balaban J connectivity index is 2.53. The van der Waals surface area contributed by atoms with Crippen LogP contribution in [-0.4, -0.2) is 15.2 Å². The summed E-state index contributed by atoms with van der Waals surface area (Å²) >= 11 is 11.5. The van der Waals surface area contributed by atoms with E-state index >= 15 is 0 Å². The number of hydrogen-bond acceptors (Lipinski definition) is 2. The summed E-state index contributed by atoms with van der Waals surface area (Å²) in [4.78, 5) is 3.84. The highest BCUT2D eigenvalue weighted by Gasteiger charge is 2.02. The van der Waals surface area contributed by atoms with Crippen LogP contribution < -0.4 is 0 Å². The molecule has 1 N–H and O–H groups in total. The third-order valence-corrected chi connectivity index (χ3v) is 1.96. The molecule has 0 atom stereocenters. The van der Waals surface area contributed by atoms with Gasteiger partial charge in [-0.2, -0.15) is 5.10 Å². The maximum absolute atomic E-state index is 5.74. The quantitative estimate of drug-likeness (QED) is 0.741. The van der Waals surface area contributed by atoms with Gasteiger partial charge < -0.3 is 0 Å². The molecule has 0 fully saturated rings.